The lowest BCUT2D eigenvalue weighted by molar-refractivity contribution is 0.0953. The SMILES string of the molecule is O=C(NCCc1cccs1)c1cc(F)ccc1C#CCO. The van der Waals surface area contributed by atoms with Gasteiger partial charge in [-0.1, -0.05) is 17.9 Å². The summed E-state index contributed by atoms with van der Waals surface area (Å²) in [6.45, 7) is 0.166. The summed E-state index contributed by atoms with van der Waals surface area (Å²) in [7, 11) is 0. The molecule has 2 rings (SSSR count). The Kier molecular flexibility index (Phi) is 5.50. The molecule has 0 bridgehead atoms. The maximum Gasteiger partial charge on any atom is 0.252 e. The van der Waals surface area contributed by atoms with Crippen LogP contribution in [-0.2, 0) is 6.42 Å². The molecule has 2 aromatic rings. The van der Waals surface area contributed by atoms with Gasteiger partial charge in [0.1, 0.15) is 12.4 Å². The molecule has 1 aromatic heterocycles. The van der Waals surface area contributed by atoms with Crippen LogP contribution in [0.3, 0.4) is 0 Å². The molecule has 0 aliphatic heterocycles. The van der Waals surface area contributed by atoms with E-state index in [1.165, 1.54) is 17.0 Å². The number of aliphatic hydroxyl groups is 1. The number of thiophene rings is 1. The molecule has 21 heavy (non-hydrogen) atoms. The summed E-state index contributed by atoms with van der Waals surface area (Å²) >= 11 is 1.63. The molecule has 0 saturated heterocycles. The number of carbonyl (C=O) groups is 1. The van der Waals surface area contributed by atoms with Gasteiger partial charge in [0.15, 0.2) is 0 Å². The number of halogens is 1. The van der Waals surface area contributed by atoms with Crippen molar-refractivity contribution >= 4 is 17.2 Å². The van der Waals surface area contributed by atoms with Gasteiger partial charge < -0.3 is 10.4 Å². The van der Waals surface area contributed by atoms with Crippen LogP contribution < -0.4 is 5.32 Å². The summed E-state index contributed by atoms with van der Waals surface area (Å²) in [4.78, 5) is 13.3. The smallest absolute Gasteiger partial charge is 0.252 e. The van der Waals surface area contributed by atoms with Crippen molar-refractivity contribution in [2.45, 2.75) is 6.42 Å². The first-order chi connectivity index (χ1) is 10.2. The predicted octanol–water partition coefficient (Wildman–Crippen LogP) is 2.20. The number of amides is 1. The van der Waals surface area contributed by atoms with Crippen molar-refractivity contribution in [3.8, 4) is 11.8 Å². The van der Waals surface area contributed by atoms with Crippen LogP contribution in [0.25, 0.3) is 0 Å². The van der Waals surface area contributed by atoms with Gasteiger partial charge >= 0.3 is 0 Å². The lowest BCUT2D eigenvalue weighted by Gasteiger charge is -2.06. The highest BCUT2D eigenvalue weighted by molar-refractivity contribution is 7.09. The number of hydrogen-bond acceptors (Lipinski definition) is 3. The molecule has 1 amide bonds. The first kappa shape index (κ1) is 15.2. The molecule has 3 nitrogen and oxygen atoms in total. The Morgan fingerprint density at radius 1 is 1.38 bits per heavy atom. The van der Waals surface area contributed by atoms with E-state index in [1.54, 1.807) is 11.3 Å². The molecule has 0 radical (unpaired) electrons. The monoisotopic (exact) mass is 303 g/mol. The third-order valence-corrected chi connectivity index (χ3v) is 3.70. The van der Waals surface area contributed by atoms with E-state index < -0.39 is 5.82 Å². The molecule has 108 valence electrons. The average molecular weight is 303 g/mol. The van der Waals surface area contributed by atoms with Crippen molar-refractivity contribution in [2.75, 3.05) is 13.2 Å². The Balaban J connectivity index is 2.05. The largest absolute Gasteiger partial charge is 0.384 e. The van der Waals surface area contributed by atoms with Crippen LogP contribution in [0, 0.1) is 17.7 Å². The highest BCUT2D eigenvalue weighted by Gasteiger charge is 2.11. The van der Waals surface area contributed by atoms with Gasteiger partial charge in [-0.25, -0.2) is 4.39 Å². The lowest BCUT2D eigenvalue weighted by atomic mass is 10.1. The molecule has 0 spiro atoms. The summed E-state index contributed by atoms with van der Waals surface area (Å²) in [5.41, 5.74) is 0.584. The van der Waals surface area contributed by atoms with E-state index in [1.807, 2.05) is 17.5 Å². The molecule has 1 aromatic carbocycles. The van der Waals surface area contributed by atoms with Crippen LogP contribution in [0.1, 0.15) is 20.8 Å². The maximum atomic E-state index is 13.3. The zero-order valence-electron chi connectivity index (χ0n) is 11.2. The van der Waals surface area contributed by atoms with Gasteiger partial charge in [0.05, 0.1) is 5.56 Å². The fourth-order valence-electron chi connectivity index (χ4n) is 1.80. The van der Waals surface area contributed by atoms with Crippen LogP contribution in [-0.4, -0.2) is 24.2 Å². The highest BCUT2D eigenvalue weighted by Crippen LogP contribution is 2.11. The van der Waals surface area contributed by atoms with Crippen molar-refractivity contribution in [1.82, 2.24) is 5.32 Å². The van der Waals surface area contributed by atoms with Gasteiger partial charge in [0.2, 0.25) is 0 Å². The van der Waals surface area contributed by atoms with E-state index in [9.17, 15) is 9.18 Å². The summed E-state index contributed by atoms with van der Waals surface area (Å²) in [5, 5.41) is 13.4. The molecule has 5 heteroatoms. The minimum Gasteiger partial charge on any atom is -0.384 e. The fourth-order valence-corrected chi connectivity index (χ4v) is 2.51. The van der Waals surface area contributed by atoms with E-state index >= 15 is 0 Å². The molecule has 2 N–H and O–H groups in total. The Bertz CT molecular complexity index is 671. The van der Waals surface area contributed by atoms with Crippen molar-refractivity contribution in [2.24, 2.45) is 0 Å². The molecule has 0 saturated carbocycles. The van der Waals surface area contributed by atoms with E-state index in [0.717, 1.165) is 12.5 Å². The fraction of sp³-hybridized carbons (Fsp3) is 0.188. The van der Waals surface area contributed by atoms with Gasteiger partial charge in [-0.2, -0.15) is 0 Å². The number of hydrogen-bond donors (Lipinski definition) is 2. The van der Waals surface area contributed by atoms with Crippen molar-refractivity contribution in [3.05, 3.63) is 57.5 Å². The quantitative estimate of drug-likeness (QED) is 0.851. The number of carbonyl (C=O) groups excluding carboxylic acids is 1. The third-order valence-electron chi connectivity index (χ3n) is 2.77. The molecule has 0 aliphatic rings. The summed E-state index contributed by atoms with van der Waals surface area (Å²) in [5.74, 6) is 4.25. The topological polar surface area (TPSA) is 49.3 Å². The molecule has 0 unspecified atom stereocenters. The van der Waals surface area contributed by atoms with Crippen LogP contribution in [0.5, 0.6) is 0 Å². The Morgan fingerprint density at radius 3 is 2.95 bits per heavy atom. The minimum atomic E-state index is -0.493. The molecular formula is C16H14FNO2S. The molecule has 0 fully saturated rings. The Morgan fingerprint density at radius 2 is 2.24 bits per heavy atom. The summed E-state index contributed by atoms with van der Waals surface area (Å²) in [6, 6.07) is 7.78. The molecular weight excluding hydrogens is 289 g/mol. The van der Waals surface area contributed by atoms with Crippen LogP contribution in [0.4, 0.5) is 4.39 Å². The van der Waals surface area contributed by atoms with Crippen molar-refractivity contribution < 1.29 is 14.3 Å². The third kappa shape index (κ3) is 4.42. The second-order valence-corrected chi connectivity index (χ2v) is 5.27. The number of benzene rings is 1. The molecule has 0 aliphatic carbocycles. The first-order valence-electron chi connectivity index (χ1n) is 6.40. The Hall–Kier alpha value is -2.16. The second kappa shape index (κ2) is 7.58. The highest BCUT2D eigenvalue weighted by atomic mass is 32.1. The van der Waals surface area contributed by atoms with Gasteiger partial charge in [-0.3, -0.25) is 4.79 Å². The summed E-state index contributed by atoms with van der Waals surface area (Å²) < 4.78 is 13.3. The van der Waals surface area contributed by atoms with E-state index in [-0.39, 0.29) is 18.1 Å². The average Bonchev–Trinajstić information content (AvgIpc) is 2.99. The van der Waals surface area contributed by atoms with Gasteiger partial charge in [0.25, 0.3) is 5.91 Å². The van der Waals surface area contributed by atoms with E-state index in [0.29, 0.717) is 12.1 Å². The van der Waals surface area contributed by atoms with Crippen LogP contribution in [0.15, 0.2) is 35.7 Å². The van der Waals surface area contributed by atoms with Gasteiger partial charge in [-0.15, -0.1) is 11.3 Å². The standard InChI is InChI=1S/C16H14FNO2S/c17-13-6-5-12(3-1-9-19)15(11-13)16(20)18-8-7-14-4-2-10-21-14/h2,4-6,10-11,19H,7-9H2,(H,18,20). The van der Waals surface area contributed by atoms with Crippen LogP contribution in [0.2, 0.25) is 0 Å². The zero-order chi connectivity index (χ0) is 15.1. The normalized spacial score (nSPS) is 9.81. The second-order valence-electron chi connectivity index (χ2n) is 4.24. The van der Waals surface area contributed by atoms with E-state index in [2.05, 4.69) is 17.2 Å². The Labute approximate surface area is 126 Å². The molecule has 1 heterocycles. The minimum absolute atomic E-state index is 0.183. The lowest BCUT2D eigenvalue weighted by Crippen LogP contribution is -2.26. The van der Waals surface area contributed by atoms with Crippen molar-refractivity contribution in [3.63, 3.8) is 0 Å². The van der Waals surface area contributed by atoms with Crippen LogP contribution >= 0.6 is 11.3 Å². The number of nitrogens with one attached hydrogen (secondary N) is 1. The van der Waals surface area contributed by atoms with Gasteiger partial charge in [-0.05, 0) is 36.1 Å². The molecule has 0 atom stereocenters. The maximum absolute atomic E-state index is 13.3. The number of rotatable bonds is 4. The number of aliphatic hydroxyl groups excluding tert-OH is 1. The predicted molar refractivity (Wildman–Crippen MR) is 80.7 cm³/mol. The van der Waals surface area contributed by atoms with Crippen molar-refractivity contribution in [1.29, 1.82) is 0 Å². The van der Waals surface area contributed by atoms with Gasteiger partial charge in [0, 0.05) is 17.0 Å². The van der Waals surface area contributed by atoms with E-state index in [4.69, 9.17) is 5.11 Å². The summed E-state index contributed by atoms with van der Waals surface area (Å²) in [6.07, 6.45) is 0.733. The zero-order valence-corrected chi connectivity index (χ0v) is 12.0. The first-order valence-corrected chi connectivity index (χ1v) is 7.28.